The van der Waals surface area contributed by atoms with Crippen molar-refractivity contribution in [1.29, 1.82) is 0 Å². The van der Waals surface area contributed by atoms with Crippen LogP contribution in [0, 0.1) is 11.8 Å². The lowest BCUT2D eigenvalue weighted by molar-refractivity contribution is -0.154. The number of carbonyl (C=O) groups is 3. The van der Waals surface area contributed by atoms with E-state index in [0.717, 1.165) is 19.1 Å². The fourth-order valence-corrected chi connectivity index (χ4v) is 5.85. The number of aliphatic hydroxyl groups is 3. The van der Waals surface area contributed by atoms with Gasteiger partial charge >= 0.3 is 6.18 Å². The number of hydrogen-bond donors (Lipinski definition) is 5. The second-order valence-corrected chi connectivity index (χ2v) is 9.75. The number of nitrogens with two attached hydrogens (primary N) is 1. The van der Waals surface area contributed by atoms with E-state index in [1.54, 1.807) is 0 Å². The number of carbonyl (C=O) groups excluding carboxylic acids is 3. The van der Waals surface area contributed by atoms with Gasteiger partial charge in [-0.25, -0.2) is 0 Å². The van der Waals surface area contributed by atoms with Crippen molar-refractivity contribution >= 4 is 23.2 Å². The Morgan fingerprint density at radius 1 is 1.19 bits per heavy atom. The van der Waals surface area contributed by atoms with E-state index in [0.29, 0.717) is 0 Å². The van der Waals surface area contributed by atoms with Gasteiger partial charge in [0.1, 0.15) is 22.8 Å². The molecule has 9 nitrogen and oxygen atoms in total. The van der Waals surface area contributed by atoms with E-state index < -0.39 is 81.5 Å². The zero-order valence-corrected chi connectivity index (χ0v) is 19.6. The zero-order chi connectivity index (χ0) is 27.1. The highest BCUT2D eigenvalue weighted by Gasteiger charge is 2.64. The van der Waals surface area contributed by atoms with Crippen LogP contribution in [0.1, 0.15) is 43.4 Å². The fourth-order valence-electron chi connectivity index (χ4n) is 5.85. The zero-order valence-electron chi connectivity index (χ0n) is 19.6. The van der Waals surface area contributed by atoms with Crippen LogP contribution in [0.25, 0.3) is 5.76 Å². The summed E-state index contributed by atoms with van der Waals surface area (Å²) in [4.78, 5) is 40.0. The molecule has 1 unspecified atom stereocenters. The van der Waals surface area contributed by atoms with E-state index in [4.69, 9.17) is 5.73 Å². The molecule has 12 heteroatoms. The second kappa shape index (κ2) is 8.88. The minimum atomic E-state index is -4.62. The molecule has 202 valence electrons. The molecule has 1 saturated carbocycles. The van der Waals surface area contributed by atoms with Crippen molar-refractivity contribution in [2.75, 3.05) is 14.1 Å². The molecule has 0 bridgehead atoms. The van der Waals surface area contributed by atoms with Crippen molar-refractivity contribution in [2.24, 2.45) is 17.6 Å². The van der Waals surface area contributed by atoms with E-state index in [-0.39, 0.29) is 37.0 Å². The van der Waals surface area contributed by atoms with Gasteiger partial charge < -0.3 is 26.2 Å². The van der Waals surface area contributed by atoms with E-state index in [1.165, 1.54) is 19.0 Å². The average Bonchev–Trinajstić information content (AvgIpc) is 2.75. The normalized spacial score (nSPS) is 28.4. The highest BCUT2D eigenvalue weighted by atomic mass is 19.4. The monoisotopic (exact) mass is 526 g/mol. The van der Waals surface area contributed by atoms with Crippen LogP contribution in [-0.4, -0.2) is 74.7 Å². The highest BCUT2D eigenvalue weighted by molar-refractivity contribution is 6.24. The predicted molar refractivity (Wildman–Crippen MR) is 125 cm³/mol. The molecular formula is C25H29F3N2O7. The number of hydrogen-bond acceptors (Lipinski definition) is 8. The molecule has 1 aromatic rings. The van der Waals surface area contributed by atoms with Gasteiger partial charge in [0.2, 0.25) is 5.78 Å². The molecule has 6 N–H and O–H groups in total. The molecule has 4 rings (SSSR count). The Bertz CT molecular complexity index is 1270. The number of aromatic hydroxyl groups is 1. The summed E-state index contributed by atoms with van der Waals surface area (Å²) in [5.74, 6) is -10.3. The lowest BCUT2D eigenvalue weighted by Crippen LogP contribution is -2.65. The number of phenols is 1. The highest BCUT2D eigenvalue weighted by Crippen LogP contribution is 2.53. The molecule has 1 fully saturated rings. The number of benzene rings is 1. The van der Waals surface area contributed by atoms with Gasteiger partial charge in [-0.2, -0.15) is 13.2 Å². The lowest BCUT2D eigenvalue weighted by atomic mass is 9.57. The number of aliphatic hydroxyl groups excluding tert-OH is 2. The van der Waals surface area contributed by atoms with E-state index in [2.05, 4.69) is 0 Å². The fraction of sp³-hybridized carbons (Fsp3) is 0.480. The van der Waals surface area contributed by atoms with E-state index in [1.807, 2.05) is 0 Å². The molecule has 0 radical (unpaired) electrons. The van der Waals surface area contributed by atoms with Crippen LogP contribution in [0.2, 0.25) is 0 Å². The maximum Gasteiger partial charge on any atom is 0.395 e. The number of fused-ring (bicyclic) bond motifs is 3. The van der Waals surface area contributed by atoms with Gasteiger partial charge in [-0.1, -0.05) is 13.5 Å². The molecule has 5 atom stereocenters. The number of Topliss-reactive ketones (excluding diaryl/α,β-unsaturated/α-hetero) is 2. The molecule has 0 spiro atoms. The van der Waals surface area contributed by atoms with Gasteiger partial charge in [0.25, 0.3) is 5.91 Å². The Labute approximate surface area is 210 Å². The van der Waals surface area contributed by atoms with Gasteiger partial charge in [0.05, 0.1) is 17.5 Å². The summed E-state index contributed by atoms with van der Waals surface area (Å²) < 4.78 is 40.7. The van der Waals surface area contributed by atoms with Crippen molar-refractivity contribution in [3.05, 3.63) is 45.7 Å². The molecule has 3 aliphatic rings. The first-order chi connectivity index (χ1) is 16.5. The molecule has 0 aliphatic heterocycles. The van der Waals surface area contributed by atoms with Gasteiger partial charge in [-0.3, -0.25) is 19.3 Å². The Kier molecular flexibility index (Phi) is 6.76. The maximum absolute atomic E-state index is 13.7. The molecular weight excluding hydrogens is 497 g/mol. The largest absolute Gasteiger partial charge is 0.508 e. The molecule has 1 aromatic carbocycles. The number of ketones is 2. The number of amides is 1. The third kappa shape index (κ3) is 3.81. The summed E-state index contributed by atoms with van der Waals surface area (Å²) in [6.45, 7) is 0.934. The molecule has 37 heavy (non-hydrogen) atoms. The smallest absolute Gasteiger partial charge is 0.395 e. The summed E-state index contributed by atoms with van der Waals surface area (Å²) in [5, 5.41) is 43.7. The lowest BCUT2D eigenvalue weighted by Gasteiger charge is -2.50. The summed E-state index contributed by atoms with van der Waals surface area (Å²) in [7, 11) is 2.91. The number of likely N-dealkylation sites (N-methyl/N-ethyl adjacent to an activating group) is 1. The first-order valence-electron chi connectivity index (χ1n) is 11.1. The van der Waals surface area contributed by atoms with Crippen LogP contribution in [0.3, 0.4) is 0 Å². The third-order valence-electron chi connectivity index (χ3n) is 7.60. The standard InChI is InChI=1S/C24H25F3N2O7.CH4/c1-8(24(25,26)27)10-4-5-13(30)15-11(10)6-9-7-12-17(29(2)3)19(32)16(22(28)35)21(34)23(12,36)20(33)14(9)18(15)31;/h4-5,8-9,12,17,30-31,34,36H,6-7H2,1-3H3,(H2,28,35);1H4/t8?,9-,12-,17-,23-;/m0./s1. The number of phenolic OH excluding ortho intramolecular Hbond substituents is 1. The van der Waals surface area contributed by atoms with Crippen LogP contribution in [0.5, 0.6) is 5.75 Å². The second-order valence-electron chi connectivity index (χ2n) is 9.75. The number of primary amides is 1. The Hall–Kier alpha value is -3.38. The summed E-state index contributed by atoms with van der Waals surface area (Å²) in [6.07, 6.45) is -5.04. The molecule has 3 aliphatic carbocycles. The molecule has 0 saturated heterocycles. The van der Waals surface area contributed by atoms with Crippen LogP contribution < -0.4 is 5.73 Å². The summed E-state index contributed by atoms with van der Waals surface area (Å²) in [5.41, 5.74) is 0.499. The molecule has 1 amide bonds. The number of halogens is 3. The van der Waals surface area contributed by atoms with Crippen molar-refractivity contribution in [1.82, 2.24) is 4.90 Å². The summed E-state index contributed by atoms with van der Waals surface area (Å²) in [6, 6.07) is 0.800. The van der Waals surface area contributed by atoms with Crippen molar-refractivity contribution in [2.45, 2.75) is 50.9 Å². The SMILES string of the molecule is C.CC(c1ccc(O)c2c1C[C@H]1C[C@H]3[C@H](N(C)C)C(=O)C(C(N)=O)=C(O)[C@@]3(O)C(=O)C1=C2O)C(F)(F)F. The van der Waals surface area contributed by atoms with Crippen LogP contribution >= 0.6 is 0 Å². The minimum Gasteiger partial charge on any atom is -0.508 e. The van der Waals surface area contributed by atoms with Gasteiger partial charge in [-0.05, 0) is 57.0 Å². The molecule has 0 heterocycles. The first kappa shape index (κ1) is 28.2. The Morgan fingerprint density at radius 3 is 2.30 bits per heavy atom. The first-order valence-corrected chi connectivity index (χ1v) is 11.1. The van der Waals surface area contributed by atoms with E-state index in [9.17, 15) is 48.0 Å². The van der Waals surface area contributed by atoms with Gasteiger partial charge in [-0.15, -0.1) is 0 Å². The number of rotatable bonds is 3. The third-order valence-corrected chi connectivity index (χ3v) is 7.60. The van der Waals surface area contributed by atoms with Crippen molar-refractivity contribution in [3.8, 4) is 5.75 Å². The topological polar surface area (TPSA) is 161 Å². The van der Waals surface area contributed by atoms with Gasteiger partial charge in [0.15, 0.2) is 11.4 Å². The van der Waals surface area contributed by atoms with Crippen molar-refractivity contribution in [3.63, 3.8) is 0 Å². The quantitative estimate of drug-likeness (QED) is 0.375. The summed E-state index contributed by atoms with van der Waals surface area (Å²) >= 11 is 0. The minimum absolute atomic E-state index is 0. The predicted octanol–water partition coefficient (Wildman–Crippen LogP) is 2.27. The Morgan fingerprint density at radius 2 is 1.78 bits per heavy atom. The van der Waals surface area contributed by atoms with Crippen LogP contribution in [-0.2, 0) is 20.8 Å². The van der Waals surface area contributed by atoms with Crippen LogP contribution in [0.15, 0.2) is 29.0 Å². The van der Waals surface area contributed by atoms with Gasteiger partial charge in [0, 0.05) is 11.5 Å². The average molecular weight is 527 g/mol. The number of alkyl halides is 3. The molecule has 0 aromatic heterocycles. The van der Waals surface area contributed by atoms with E-state index >= 15 is 0 Å². The van der Waals surface area contributed by atoms with Crippen LogP contribution in [0.4, 0.5) is 13.2 Å². The number of nitrogens with zero attached hydrogens (tertiary/aromatic N) is 1. The van der Waals surface area contributed by atoms with Crippen molar-refractivity contribution < 1.29 is 48.0 Å². The Balaban J connectivity index is 0.00000380. The maximum atomic E-state index is 13.7.